The first kappa shape index (κ1) is 11.5. The molecule has 0 amide bonds. The second-order valence-corrected chi connectivity index (χ2v) is 3.17. The van der Waals surface area contributed by atoms with Crippen LogP contribution in [0.1, 0.15) is 6.42 Å². The summed E-state index contributed by atoms with van der Waals surface area (Å²) >= 11 is 0. The fraction of sp³-hybridized carbons (Fsp3) is 0.300. The van der Waals surface area contributed by atoms with Gasteiger partial charge in [0.15, 0.2) is 0 Å². The summed E-state index contributed by atoms with van der Waals surface area (Å²) in [6.07, 6.45) is 0.326. The number of halogens is 1. The van der Waals surface area contributed by atoms with E-state index < -0.39 is 12.0 Å². The van der Waals surface area contributed by atoms with E-state index in [0.29, 0.717) is 13.0 Å². The van der Waals surface area contributed by atoms with Crippen molar-refractivity contribution in [2.24, 2.45) is 5.73 Å². The maximum absolute atomic E-state index is 12.5. The monoisotopic (exact) mass is 212 g/mol. The molecule has 0 radical (unpaired) electrons. The van der Waals surface area contributed by atoms with Crippen molar-refractivity contribution >= 4 is 11.7 Å². The summed E-state index contributed by atoms with van der Waals surface area (Å²) in [7, 11) is 0. The number of aliphatic carboxylic acids is 1. The summed E-state index contributed by atoms with van der Waals surface area (Å²) in [6, 6.07) is 4.97. The van der Waals surface area contributed by atoms with E-state index in [1.807, 2.05) is 0 Å². The smallest absolute Gasteiger partial charge is 0.320 e. The molecule has 0 saturated heterocycles. The molecule has 4 nitrogen and oxygen atoms in total. The fourth-order valence-electron chi connectivity index (χ4n) is 1.06. The van der Waals surface area contributed by atoms with Crippen molar-refractivity contribution in [3.8, 4) is 0 Å². The number of carboxylic acids is 1. The van der Waals surface area contributed by atoms with E-state index in [9.17, 15) is 9.18 Å². The molecule has 4 N–H and O–H groups in total. The van der Waals surface area contributed by atoms with Gasteiger partial charge in [-0.05, 0) is 30.7 Å². The lowest BCUT2D eigenvalue weighted by Crippen LogP contribution is -2.32. The Kier molecular flexibility index (Phi) is 4.05. The number of carboxylic acid groups (broad SMARTS) is 1. The van der Waals surface area contributed by atoms with E-state index in [0.717, 1.165) is 5.69 Å². The summed E-state index contributed by atoms with van der Waals surface area (Å²) in [5.41, 5.74) is 6.05. The van der Waals surface area contributed by atoms with Gasteiger partial charge in [0.05, 0.1) is 0 Å². The molecule has 0 aliphatic heterocycles. The highest BCUT2D eigenvalue weighted by atomic mass is 19.1. The first-order chi connectivity index (χ1) is 7.09. The van der Waals surface area contributed by atoms with Gasteiger partial charge in [0.1, 0.15) is 11.9 Å². The topological polar surface area (TPSA) is 75.3 Å². The number of hydrogen-bond acceptors (Lipinski definition) is 3. The van der Waals surface area contributed by atoms with Gasteiger partial charge in [0, 0.05) is 12.2 Å². The van der Waals surface area contributed by atoms with E-state index in [2.05, 4.69) is 5.32 Å². The van der Waals surface area contributed by atoms with Crippen LogP contribution in [0.3, 0.4) is 0 Å². The Morgan fingerprint density at radius 2 is 2.07 bits per heavy atom. The molecule has 0 heterocycles. The molecular weight excluding hydrogens is 199 g/mol. The van der Waals surface area contributed by atoms with Crippen LogP contribution in [0.15, 0.2) is 24.3 Å². The fourth-order valence-corrected chi connectivity index (χ4v) is 1.06. The Hall–Kier alpha value is -1.62. The van der Waals surface area contributed by atoms with Crippen LogP contribution in [-0.4, -0.2) is 23.7 Å². The van der Waals surface area contributed by atoms with Gasteiger partial charge >= 0.3 is 5.97 Å². The lowest BCUT2D eigenvalue weighted by molar-refractivity contribution is -0.138. The van der Waals surface area contributed by atoms with Gasteiger partial charge in [-0.1, -0.05) is 0 Å². The lowest BCUT2D eigenvalue weighted by Gasteiger charge is -2.08. The summed E-state index contributed by atoms with van der Waals surface area (Å²) in [4.78, 5) is 10.4. The third-order valence-electron chi connectivity index (χ3n) is 1.95. The third-order valence-corrected chi connectivity index (χ3v) is 1.95. The Morgan fingerprint density at radius 1 is 1.47 bits per heavy atom. The molecule has 1 unspecified atom stereocenters. The highest BCUT2D eigenvalue weighted by Gasteiger charge is 2.09. The summed E-state index contributed by atoms with van der Waals surface area (Å²) in [6.45, 7) is 0.444. The molecule has 0 aromatic heterocycles. The lowest BCUT2D eigenvalue weighted by atomic mass is 10.2. The first-order valence-electron chi connectivity index (χ1n) is 4.57. The van der Waals surface area contributed by atoms with Crippen LogP contribution < -0.4 is 11.1 Å². The summed E-state index contributed by atoms with van der Waals surface area (Å²) < 4.78 is 12.5. The number of rotatable bonds is 5. The van der Waals surface area contributed by atoms with Gasteiger partial charge in [-0.2, -0.15) is 0 Å². The van der Waals surface area contributed by atoms with Crippen LogP contribution in [0, 0.1) is 5.82 Å². The zero-order chi connectivity index (χ0) is 11.3. The van der Waals surface area contributed by atoms with E-state index in [4.69, 9.17) is 10.8 Å². The SMILES string of the molecule is NC(CCNc1ccc(F)cc1)C(=O)O. The zero-order valence-corrected chi connectivity index (χ0v) is 8.11. The number of nitrogens with one attached hydrogen (secondary N) is 1. The molecule has 0 aliphatic rings. The molecule has 1 atom stereocenters. The largest absolute Gasteiger partial charge is 0.480 e. The van der Waals surface area contributed by atoms with Crippen molar-refractivity contribution in [2.75, 3.05) is 11.9 Å². The molecule has 82 valence electrons. The maximum atomic E-state index is 12.5. The summed E-state index contributed by atoms with van der Waals surface area (Å²) in [5, 5.41) is 11.5. The number of carbonyl (C=O) groups is 1. The van der Waals surface area contributed by atoms with Crippen LogP contribution in [0.25, 0.3) is 0 Å². The van der Waals surface area contributed by atoms with E-state index in [1.165, 1.54) is 12.1 Å². The standard InChI is InChI=1S/C10H13FN2O2/c11-7-1-3-8(4-2-7)13-6-5-9(12)10(14)15/h1-4,9,13H,5-6,12H2,(H,14,15). The molecule has 0 saturated carbocycles. The summed E-state index contributed by atoms with van der Waals surface area (Å²) in [5.74, 6) is -1.32. The van der Waals surface area contributed by atoms with Crippen LogP contribution in [0.4, 0.5) is 10.1 Å². The van der Waals surface area contributed by atoms with Gasteiger partial charge in [0.2, 0.25) is 0 Å². The van der Waals surface area contributed by atoms with Gasteiger partial charge in [-0.25, -0.2) is 4.39 Å². The normalized spacial score (nSPS) is 12.1. The van der Waals surface area contributed by atoms with Crippen molar-refractivity contribution in [1.29, 1.82) is 0 Å². The Bertz CT molecular complexity index is 327. The molecule has 1 aromatic carbocycles. The molecule has 0 aliphatic carbocycles. The molecule has 0 bridgehead atoms. The number of benzene rings is 1. The third kappa shape index (κ3) is 3.95. The van der Waals surface area contributed by atoms with Crippen LogP contribution in [0.5, 0.6) is 0 Å². The highest BCUT2D eigenvalue weighted by molar-refractivity contribution is 5.73. The number of nitrogens with two attached hydrogens (primary N) is 1. The Balaban J connectivity index is 2.32. The first-order valence-corrected chi connectivity index (χ1v) is 4.57. The minimum absolute atomic E-state index is 0.303. The Labute approximate surface area is 86.9 Å². The predicted octanol–water partition coefficient (Wildman–Crippen LogP) is 1.04. The number of hydrogen-bond donors (Lipinski definition) is 3. The van der Waals surface area contributed by atoms with Crippen LogP contribution >= 0.6 is 0 Å². The van der Waals surface area contributed by atoms with Crippen molar-refractivity contribution in [2.45, 2.75) is 12.5 Å². The van der Waals surface area contributed by atoms with Crippen molar-refractivity contribution < 1.29 is 14.3 Å². The molecule has 1 aromatic rings. The average molecular weight is 212 g/mol. The molecule has 5 heteroatoms. The predicted molar refractivity (Wildman–Crippen MR) is 55.1 cm³/mol. The average Bonchev–Trinajstić information content (AvgIpc) is 2.20. The molecule has 1 rings (SSSR count). The van der Waals surface area contributed by atoms with E-state index in [-0.39, 0.29) is 5.82 Å². The zero-order valence-electron chi connectivity index (χ0n) is 8.11. The van der Waals surface area contributed by atoms with Gasteiger partial charge < -0.3 is 16.2 Å². The Morgan fingerprint density at radius 3 is 2.60 bits per heavy atom. The molecule has 0 fully saturated rings. The van der Waals surface area contributed by atoms with E-state index in [1.54, 1.807) is 12.1 Å². The quantitative estimate of drug-likeness (QED) is 0.681. The second-order valence-electron chi connectivity index (χ2n) is 3.17. The molecular formula is C10H13FN2O2. The van der Waals surface area contributed by atoms with Crippen LogP contribution in [-0.2, 0) is 4.79 Å². The maximum Gasteiger partial charge on any atom is 0.320 e. The van der Waals surface area contributed by atoms with E-state index >= 15 is 0 Å². The second kappa shape index (κ2) is 5.31. The number of anilines is 1. The van der Waals surface area contributed by atoms with Crippen LogP contribution in [0.2, 0.25) is 0 Å². The van der Waals surface area contributed by atoms with Crippen molar-refractivity contribution in [3.63, 3.8) is 0 Å². The van der Waals surface area contributed by atoms with Crippen molar-refractivity contribution in [3.05, 3.63) is 30.1 Å². The van der Waals surface area contributed by atoms with Crippen molar-refractivity contribution in [1.82, 2.24) is 0 Å². The molecule has 0 spiro atoms. The molecule has 15 heavy (non-hydrogen) atoms. The highest BCUT2D eigenvalue weighted by Crippen LogP contribution is 2.07. The van der Waals surface area contributed by atoms with Gasteiger partial charge in [0.25, 0.3) is 0 Å². The van der Waals surface area contributed by atoms with Gasteiger partial charge in [-0.15, -0.1) is 0 Å². The minimum Gasteiger partial charge on any atom is -0.480 e. The minimum atomic E-state index is -1.02. The van der Waals surface area contributed by atoms with Gasteiger partial charge in [-0.3, -0.25) is 4.79 Å².